The molecule has 10 heteroatoms. The molecule has 1 aromatic heterocycles. The average molecular weight is 546 g/mol. The number of rotatable bonds is 7. The molecule has 0 aliphatic carbocycles. The van der Waals surface area contributed by atoms with Gasteiger partial charge in [-0.15, -0.1) is 0 Å². The second-order valence-corrected chi connectivity index (χ2v) is 8.53. The van der Waals surface area contributed by atoms with Gasteiger partial charge in [-0.3, -0.25) is 9.69 Å². The maximum absolute atomic E-state index is 12.8. The fraction of sp³-hybridized carbons (Fsp3) is 0.125. The second kappa shape index (κ2) is 10.1. The zero-order valence-electron chi connectivity index (χ0n) is 17.8. The normalized spacial score (nSPS) is 14.4. The van der Waals surface area contributed by atoms with Crippen molar-refractivity contribution in [2.45, 2.75) is 13.2 Å². The molecule has 0 saturated carbocycles. The first kappa shape index (κ1) is 23.6. The number of imide groups is 1. The van der Waals surface area contributed by atoms with Crippen LogP contribution in [0, 0.1) is 0 Å². The lowest BCUT2D eigenvalue weighted by Crippen LogP contribution is -2.30. The van der Waals surface area contributed by atoms with E-state index >= 15 is 0 Å². The van der Waals surface area contributed by atoms with Gasteiger partial charge in [-0.05, 0) is 69.5 Å². The van der Waals surface area contributed by atoms with Gasteiger partial charge in [0.2, 0.25) is 5.76 Å². The minimum Gasteiger partial charge on any atom is -0.488 e. The van der Waals surface area contributed by atoms with E-state index in [2.05, 4.69) is 26.0 Å². The largest absolute Gasteiger partial charge is 0.488 e. The van der Waals surface area contributed by atoms with E-state index in [9.17, 15) is 14.4 Å². The summed E-state index contributed by atoms with van der Waals surface area (Å²) in [4.78, 5) is 37.6. The molecule has 3 aromatic rings. The summed E-state index contributed by atoms with van der Waals surface area (Å²) >= 11 is 9.38. The van der Waals surface area contributed by atoms with Gasteiger partial charge >= 0.3 is 12.0 Å². The van der Waals surface area contributed by atoms with Gasteiger partial charge in [0.1, 0.15) is 23.8 Å². The topological polar surface area (TPSA) is 98.1 Å². The van der Waals surface area contributed by atoms with Crippen molar-refractivity contribution in [3.8, 4) is 5.75 Å². The lowest BCUT2D eigenvalue weighted by Gasteiger charge is -2.10. The maximum Gasteiger partial charge on any atom is 0.373 e. The third-order valence-corrected chi connectivity index (χ3v) is 5.77. The highest BCUT2D eigenvalue weighted by Gasteiger charge is 2.34. The van der Waals surface area contributed by atoms with Gasteiger partial charge in [-0.2, -0.15) is 0 Å². The number of methoxy groups -OCH3 is 1. The molecule has 3 amide bonds. The van der Waals surface area contributed by atoms with E-state index in [4.69, 9.17) is 20.8 Å². The first-order valence-electron chi connectivity index (χ1n) is 10.0. The molecule has 0 radical (unpaired) electrons. The van der Waals surface area contributed by atoms with Gasteiger partial charge in [0.15, 0.2) is 0 Å². The number of nitrogens with one attached hydrogen (secondary N) is 1. The summed E-state index contributed by atoms with van der Waals surface area (Å²) < 4.78 is 16.5. The molecule has 1 aliphatic heterocycles. The number of urea groups is 1. The Labute approximate surface area is 208 Å². The Morgan fingerprint density at radius 1 is 1.15 bits per heavy atom. The van der Waals surface area contributed by atoms with E-state index in [0.717, 1.165) is 10.5 Å². The fourth-order valence-electron chi connectivity index (χ4n) is 3.18. The number of amides is 3. The van der Waals surface area contributed by atoms with Crippen molar-refractivity contribution in [2.75, 3.05) is 7.11 Å². The van der Waals surface area contributed by atoms with E-state index in [0.29, 0.717) is 27.4 Å². The first-order valence-corrected chi connectivity index (χ1v) is 11.2. The highest BCUT2D eigenvalue weighted by atomic mass is 79.9. The third-order valence-electron chi connectivity index (χ3n) is 4.90. The number of ether oxygens (including phenoxy) is 2. The summed E-state index contributed by atoms with van der Waals surface area (Å²) in [6.07, 6.45) is 1.57. The Morgan fingerprint density at radius 2 is 1.91 bits per heavy atom. The van der Waals surface area contributed by atoms with Crippen LogP contribution in [0.4, 0.5) is 4.79 Å². The number of carbonyl (C=O) groups is 3. The molecule has 0 spiro atoms. The van der Waals surface area contributed by atoms with Crippen LogP contribution in [0.1, 0.15) is 27.4 Å². The molecular weight excluding hydrogens is 528 g/mol. The third kappa shape index (κ3) is 5.32. The molecule has 0 unspecified atom stereocenters. The van der Waals surface area contributed by atoms with Gasteiger partial charge in [0, 0.05) is 5.02 Å². The quantitative estimate of drug-likeness (QED) is 0.250. The van der Waals surface area contributed by atoms with Crippen molar-refractivity contribution in [2.24, 2.45) is 0 Å². The Kier molecular flexibility index (Phi) is 7.04. The van der Waals surface area contributed by atoms with Gasteiger partial charge in [-0.25, -0.2) is 9.59 Å². The van der Waals surface area contributed by atoms with Crippen LogP contribution in [0.3, 0.4) is 0 Å². The van der Waals surface area contributed by atoms with E-state index in [1.54, 1.807) is 36.4 Å². The number of hydrogen-bond donors (Lipinski definition) is 1. The number of esters is 1. The van der Waals surface area contributed by atoms with Crippen LogP contribution in [-0.4, -0.2) is 29.9 Å². The Hall–Kier alpha value is -3.56. The number of nitrogens with zero attached hydrogens (tertiary/aromatic N) is 1. The monoisotopic (exact) mass is 544 g/mol. The van der Waals surface area contributed by atoms with Crippen LogP contribution in [0.5, 0.6) is 5.75 Å². The van der Waals surface area contributed by atoms with E-state index in [1.165, 1.54) is 19.2 Å². The van der Waals surface area contributed by atoms with E-state index in [1.807, 2.05) is 12.1 Å². The number of carbonyl (C=O) groups excluding carboxylic acids is 3. The minimum absolute atomic E-state index is 0.0106. The number of benzene rings is 2. The van der Waals surface area contributed by atoms with Gasteiger partial charge < -0.3 is 19.2 Å². The van der Waals surface area contributed by atoms with Crippen LogP contribution in [-0.2, 0) is 22.7 Å². The SMILES string of the molecule is COC(=O)c1ccc(CN2C(=O)N/C(=C\c3ccc(OCc4ccc(Cl)cc4)c(Br)c3)C2=O)o1. The molecule has 174 valence electrons. The standard InChI is InChI=1S/C24H18BrClN2O6/c1-32-23(30)21-9-7-17(34-21)12-28-22(29)19(27-24(28)31)11-15-4-8-20(18(25)10-15)33-13-14-2-5-16(26)6-3-14/h2-11H,12-13H2,1H3,(H,27,31)/b19-11-. The smallest absolute Gasteiger partial charge is 0.373 e. The number of halogens is 2. The highest BCUT2D eigenvalue weighted by Crippen LogP contribution is 2.28. The van der Waals surface area contributed by atoms with Crippen molar-refractivity contribution >= 4 is 51.5 Å². The lowest BCUT2D eigenvalue weighted by atomic mass is 10.2. The Bertz CT molecular complexity index is 1280. The van der Waals surface area contributed by atoms with Gasteiger partial charge in [0.25, 0.3) is 5.91 Å². The van der Waals surface area contributed by atoms with Crippen LogP contribution in [0.2, 0.25) is 5.02 Å². The summed E-state index contributed by atoms with van der Waals surface area (Å²) in [6, 6.07) is 15.0. The van der Waals surface area contributed by atoms with Crippen LogP contribution in [0.15, 0.2) is 69.2 Å². The number of hydrogen-bond acceptors (Lipinski definition) is 6. The van der Waals surface area contributed by atoms with Crippen LogP contribution in [0.25, 0.3) is 6.08 Å². The molecule has 1 N–H and O–H groups in total. The molecule has 0 bridgehead atoms. The van der Waals surface area contributed by atoms with Gasteiger partial charge in [0.05, 0.1) is 18.1 Å². The highest BCUT2D eigenvalue weighted by molar-refractivity contribution is 9.10. The zero-order chi connectivity index (χ0) is 24.2. The Morgan fingerprint density at radius 3 is 2.62 bits per heavy atom. The fourth-order valence-corrected chi connectivity index (χ4v) is 3.81. The van der Waals surface area contributed by atoms with Crippen molar-refractivity contribution in [3.63, 3.8) is 0 Å². The average Bonchev–Trinajstić information content (AvgIpc) is 3.39. The second-order valence-electron chi connectivity index (χ2n) is 7.24. The summed E-state index contributed by atoms with van der Waals surface area (Å²) in [5.74, 6) is -0.270. The molecule has 1 aliphatic rings. The minimum atomic E-state index is -0.643. The Balaban J connectivity index is 1.43. The molecule has 1 saturated heterocycles. The molecular formula is C24H18BrClN2O6. The molecule has 1 fully saturated rings. The van der Waals surface area contributed by atoms with Crippen LogP contribution >= 0.6 is 27.5 Å². The maximum atomic E-state index is 12.8. The van der Waals surface area contributed by atoms with Gasteiger partial charge in [-0.1, -0.05) is 29.8 Å². The van der Waals surface area contributed by atoms with Crippen molar-refractivity contribution in [1.29, 1.82) is 0 Å². The summed E-state index contributed by atoms with van der Waals surface area (Å²) in [5, 5.41) is 3.21. The molecule has 8 nitrogen and oxygen atoms in total. The molecule has 2 heterocycles. The zero-order valence-corrected chi connectivity index (χ0v) is 20.2. The van der Waals surface area contributed by atoms with E-state index in [-0.39, 0.29) is 23.8 Å². The molecule has 0 atom stereocenters. The predicted octanol–water partition coefficient (Wildman–Crippen LogP) is 5.15. The van der Waals surface area contributed by atoms with E-state index < -0.39 is 17.9 Å². The van der Waals surface area contributed by atoms with Crippen molar-refractivity contribution in [1.82, 2.24) is 10.2 Å². The summed E-state index contributed by atoms with van der Waals surface area (Å²) in [6.45, 7) is 0.240. The summed E-state index contributed by atoms with van der Waals surface area (Å²) in [7, 11) is 1.23. The van der Waals surface area contributed by atoms with Crippen molar-refractivity contribution in [3.05, 3.63) is 92.4 Å². The molecule has 2 aromatic carbocycles. The molecule has 4 rings (SSSR count). The van der Waals surface area contributed by atoms with Crippen molar-refractivity contribution < 1.29 is 28.3 Å². The predicted molar refractivity (Wildman–Crippen MR) is 127 cm³/mol. The molecule has 34 heavy (non-hydrogen) atoms. The first-order chi connectivity index (χ1) is 16.3. The van der Waals surface area contributed by atoms with Crippen LogP contribution < -0.4 is 10.1 Å². The summed E-state index contributed by atoms with van der Waals surface area (Å²) in [5.41, 5.74) is 1.77. The lowest BCUT2D eigenvalue weighted by molar-refractivity contribution is -0.123. The number of furan rings is 1.